The van der Waals surface area contributed by atoms with Crippen molar-refractivity contribution < 1.29 is 27.5 Å². The number of nitrogens with zero attached hydrogens (tertiary/aromatic N) is 1. The van der Waals surface area contributed by atoms with Crippen molar-refractivity contribution in [2.45, 2.75) is 50.9 Å². The minimum atomic E-state index is -4.56. The Labute approximate surface area is 103 Å². The van der Waals surface area contributed by atoms with Crippen LogP contribution in [0.1, 0.15) is 32.6 Å². The van der Waals surface area contributed by atoms with Crippen LogP contribution in [0.15, 0.2) is 0 Å². The number of carbonyl (C=O) groups is 2. The monoisotopic (exact) mass is 267 g/mol. The Balaban J connectivity index is 2.78. The maximum absolute atomic E-state index is 12.2. The van der Waals surface area contributed by atoms with Crippen LogP contribution in [-0.4, -0.2) is 42.1 Å². The molecule has 1 saturated carbocycles. The molecule has 1 aliphatic rings. The molecule has 0 bridgehead atoms. The maximum atomic E-state index is 12.2. The molecule has 0 saturated heterocycles. The average molecular weight is 267 g/mol. The standard InChI is InChI=1S/C11H16F3NO3/c1-7(10(17)18-2)15(8-4-3-5-8)9(16)6-11(12,13)14/h7-8H,3-6H2,1-2H3. The van der Waals surface area contributed by atoms with Crippen LogP contribution in [0.4, 0.5) is 13.2 Å². The molecule has 1 unspecified atom stereocenters. The highest BCUT2D eigenvalue weighted by molar-refractivity contribution is 5.84. The number of esters is 1. The Hall–Kier alpha value is -1.27. The summed E-state index contributed by atoms with van der Waals surface area (Å²) in [5.41, 5.74) is 0. The molecule has 1 fully saturated rings. The number of hydrogen-bond donors (Lipinski definition) is 0. The lowest BCUT2D eigenvalue weighted by atomic mass is 9.90. The third kappa shape index (κ3) is 3.61. The molecule has 1 atom stereocenters. The zero-order valence-corrected chi connectivity index (χ0v) is 10.3. The summed E-state index contributed by atoms with van der Waals surface area (Å²) in [5, 5.41) is 0. The summed E-state index contributed by atoms with van der Waals surface area (Å²) in [6.45, 7) is 1.39. The van der Waals surface area contributed by atoms with Gasteiger partial charge in [0.05, 0.1) is 7.11 Å². The summed E-state index contributed by atoms with van der Waals surface area (Å²) in [6.07, 6.45) is -3.98. The highest BCUT2D eigenvalue weighted by Crippen LogP contribution is 2.30. The van der Waals surface area contributed by atoms with Crippen LogP contribution in [-0.2, 0) is 14.3 Å². The number of carbonyl (C=O) groups excluding carboxylic acids is 2. The summed E-state index contributed by atoms with van der Waals surface area (Å²) in [6, 6.07) is -1.26. The molecule has 0 aromatic carbocycles. The van der Waals surface area contributed by atoms with Gasteiger partial charge in [-0.15, -0.1) is 0 Å². The van der Waals surface area contributed by atoms with E-state index in [1.54, 1.807) is 0 Å². The molecule has 104 valence electrons. The number of alkyl halides is 3. The van der Waals surface area contributed by atoms with E-state index in [1.807, 2.05) is 0 Å². The number of hydrogen-bond acceptors (Lipinski definition) is 3. The molecular weight excluding hydrogens is 251 g/mol. The lowest BCUT2D eigenvalue weighted by Gasteiger charge is -2.40. The van der Waals surface area contributed by atoms with Crippen molar-refractivity contribution in [1.82, 2.24) is 4.90 Å². The molecule has 0 aromatic heterocycles. The predicted molar refractivity (Wildman–Crippen MR) is 56.6 cm³/mol. The molecule has 0 aliphatic heterocycles. The lowest BCUT2D eigenvalue weighted by molar-refractivity contribution is -0.171. The van der Waals surface area contributed by atoms with E-state index in [0.717, 1.165) is 18.4 Å². The molecule has 0 heterocycles. The normalized spacial score (nSPS) is 17.8. The summed E-state index contributed by atoms with van der Waals surface area (Å²) >= 11 is 0. The molecule has 1 amide bonds. The molecular formula is C11H16F3NO3. The van der Waals surface area contributed by atoms with E-state index in [2.05, 4.69) is 4.74 Å². The molecule has 1 rings (SSSR count). The smallest absolute Gasteiger partial charge is 0.397 e. The summed E-state index contributed by atoms with van der Waals surface area (Å²) in [4.78, 5) is 24.0. The van der Waals surface area contributed by atoms with Gasteiger partial charge >= 0.3 is 12.1 Å². The van der Waals surface area contributed by atoms with E-state index >= 15 is 0 Å². The van der Waals surface area contributed by atoms with Crippen LogP contribution in [0.2, 0.25) is 0 Å². The fraction of sp³-hybridized carbons (Fsp3) is 0.818. The molecule has 0 spiro atoms. The van der Waals surface area contributed by atoms with Crippen molar-refractivity contribution in [1.29, 1.82) is 0 Å². The first-order valence-corrected chi connectivity index (χ1v) is 5.72. The van der Waals surface area contributed by atoms with Gasteiger partial charge in [-0.2, -0.15) is 13.2 Å². The SMILES string of the molecule is COC(=O)C(C)N(C(=O)CC(F)(F)F)C1CCC1. The third-order valence-electron chi connectivity index (χ3n) is 3.07. The van der Waals surface area contributed by atoms with Crippen LogP contribution < -0.4 is 0 Å². The van der Waals surface area contributed by atoms with Gasteiger partial charge in [0, 0.05) is 6.04 Å². The van der Waals surface area contributed by atoms with Crippen molar-refractivity contribution in [2.24, 2.45) is 0 Å². The quantitative estimate of drug-likeness (QED) is 0.731. The highest BCUT2D eigenvalue weighted by atomic mass is 19.4. The summed E-state index contributed by atoms with van der Waals surface area (Å²) in [5.74, 6) is -1.76. The Morgan fingerprint density at radius 1 is 1.39 bits per heavy atom. The minimum absolute atomic E-state index is 0.283. The van der Waals surface area contributed by atoms with Gasteiger partial charge in [-0.05, 0) is 26.2 Å². The Morgan fingerprint density at radius 3 is 2.28 bits per heavy atom. The molecule has 1 aliphatic carbocycles. The maximum Gasteiger partial charge on any atom is 0.397 e. The van der Waals surface area contributed by atoms with E-state index in [-0.39, 0.29) is 6.04 Å². The van der Waals surface area contributed by atoms with Gasteiger partial charge in [-0.25, -0.2) is 4.79 Å². The van der Waals surface area contributed by atoms with Gasteiger partial charge in [-0.3, -0.25) is 4.79 Å². The van der Waals surface area contributed by atoms with Gasteiger partial charge in [0.15, 0.2) is 0 Å². The van der Waals surface area contributed by atoms with Crippen LogP contribution in [0.5, 0.6) is 0 Å². The number of methoxy groups -OCH3 is 1. The van der Waals surface area contributed by atoms with Gasteiger partial charge < -0.3 is 9.64 Å². The fourth-order valence-corrected chi connectivity index (χ4v) is 1.95. The second-order valence-electron chi connectivity index (χ2n) is 4.38. The largest absolute Gasteiger partial charge is 0.467 e. The van der Waals surface area contributed by atoms with Crippen LogP contribution in [0.25, 0.3) is 0 Å². The van der Waals surface area contributed by atoms with Crippen molar-refractivity contribution in [3.8, 4) is 0 Å². The third-order valence-corrected chi connectivity index (χ3v) is 3.07. The van der Waals surface area contributed by atoms with E-state index in [9.17, 15) is 22.8 Å². The average Bonchev–Trinajstić information content (AvgIpc) is 2.18. The number of halogens is 3. The van der Waals surface area contributed by atoms with Crippen LogP contribution in [0, 0.1) is 0 Å². The van der Waals surface area contributed by atoms with Gasteiger partial charge in [0.2, 0.25) is 5.91 Å². The molecule has 0 radical (unpaired) electrons. The zero-order chi connectivity index (χ0) is 13.9. The van der Waals surface area contributed by atoms with Crippen molar-refractivity contribution >= 4 is 11.9 Å². The number of amides is 1. The zero-order valence-electron chi connectivity index (χ0n) is 10.3. The van der Waals surface area contributed by atoms with Gasteiger partial charge in [0.25, 0.3) is 0 Å². The first kappa shape index (κ1) is 14.8. The molecule has 7 heteroatoms. The highest BCUT2D eigenvalue weighted by Gasteiger charge is 2.40. The fourth-order valence-electron chi connectivity index (χ4n) is 1.95. The first-order chi connectivity index (χ1) is 8.26. The van der Waals surface area contributed by atoms with Crippen molar-refractivity contribution in [2.75, 3.05) is 7.11 Å². The molecule has 0 aromatic rings. The predicted octanol–water partition coefficient (Wildman–Crippen LogP) is 1.88. The summed E-state index contributed by atoms with van der Waals surface area (Å²) < 4.78 is 41.2. The van der Waals surface area contributed by atoms with Crippen molar-refractivity contribution in [3.05, 3.63) is 0 Å². The Kier molecular flexibility index (Phi) is 4.59. The molecule has 4 nitrogen and oxygen atoms in total. The van der Waals surface area contributed by atoms with Crippen LogP contribution >= 0.6 is 0 Å². The minimum Gasteiger partial charge on any atom is -0.467 e. The van der Waals surface area contributed by atoms with E-state index in [0.29, 0.717) is 12.8 Å². The second kappa shape index (κ2) is 5.58. The van der Waals surface area contributed by atoms with E-state index < -0.39 is 30.5 Å². The molecule has 0 N–H and O–H groups in total. The van der Waals surface area contributed by atoms with E-state index in [1.165, 1.54) is 6.92 Å². The van der Waals surface area contributed by atoms with E-state index in [4.69, 9.17) is 0 Å². The number of ether oxygens (including phenoxy) is 1. The summed E-state index contributed by atoms with van der Waals surface area (Å²) in [7, 11) is 1.14. The molecule has 18 heavy (non-hydrogen) atoms. The first-order valence-electron chi connectivity index (χ1n) is 5.72. The van der Waals surface area contributed by atoms with Crippen LogP contribution in [0.3, 0.4) is 0 Å². The number of rotatable bonds is 4. The Bertz CT molecular complexity index is 326. The lowest BCUT2D eigenvalue weighted by Crippen LogP contribution is -2.53. The topological polar surface area (TPSA) is 46.6 Å². The Morgan fingerprint density at radius 2 is 1.94 bits per heavy atom. The van der Waals surface area contributed by atoms with Crippen molar-refractivity contribution in [3.63, 3.8) is 0 Å². The van der Waals surface area contributed by atoms with Gasteiger partial charge in [-0.1, -0.05) is 0 Å². The second-order valence-corrected chi connectivity index (χ2v) is 4.38. The van der Waals surface area contributed by atoms with Gasteiger partial charge in [0.1, 0.15) is 12.5 Å².